The number of aryl methyl sites for hydroxylation is 2. The van der Waals surface area contributed by atoms with Crippen LogP contribution in [0.15, 0.2) is 53.1 Å². The van der Waals surface area contributed by atoms with E-state index in [1.165, 1.54) is 18.5 Å². The van der Waals surface area contributed by atoms with Crippen molar-refractivity contribution >= 4 is 17.3 Å². The van der Waals surface area contributed by atoms with Gasteiger partial charge in [0.25, 0.3) is 0 Å². The minimum atomic E-state index is -0.0655. The van der Waals surface area contributed by atoms with E-state index in [1.807, 2.05) is 43.3 Å². The average Bonchev–Trinajstić information content (AvgIpc) is 3.39. The Morgan fingerprint density at radius 2 is 1.93 bits per heavy atom. The number of hydrogen-bond donors (Lipinski definition) is 1. The van der Waals surface area contributed by atoms with Crippen LogP contribution in [0.1, 0.15) is 30.7 Å². The van der Waals surface area contributed by atoms with E-state index in [-0.39, 0.29) is 5.91 Å². The Hall–Kier alpha value is -3.15. The lowest BCUT2D eigenvalue weighted by Gasteiger charge is -2.17. The summed E-state index contributed by atoms with van der Waals surface area (Å²) in [6.07, 6.45) is 3.21. The number of carbonyl (C=O) groups excluding carboxylic acids is 1. The van der Waals surface area contributed by atoms with Crippen LogP contribution in [-0.4, -0.2) is 29.1 Å². The van der Waals surface area contributed by atoms with Crippen molar-refractivity contribution in [2.24, 2.45) is 0 Å². The second-order valence-corrected chi connectivity index (χ2v) is 7.17. The van der Waals surface area contributed by atoms with Gasteiger partial charge in [-0.1, -0.05) is 28.9 Å². The summed E-state index contributed by atoms with van der Waals surface area (Å²) in [5, 5.41) is 6.94. The van der Waals surface area contributed by atoms with Gasteiger partial charge in [0, 0.05) is 42.9 Å². The first-order valence-electron chi connectivity index (χ1n) is 9.72. The summed E-state index contributed by atoms with van der Waals surface area (Å²) in [7, 11) is 0. The van der Waals surface area contributed by atoms with Crippen molar-refractivity contribution in [3.8, 4) is 11.4 Å². The fraction of sp³-hybridized carbons (Fsp3) is 0.318. The Kier molecular flexibility index (Phi) is 5.37. The van der Waals surface area contributed by atoms with E-state index in [4.69, 9.17) is 4.52 Å². The van der Waals surface area contributed by atoms with Gasteiger partial charge >= 0.3 is 0 Å². The molecule has 0 atom stereocenters. The zero-order valence-corrected chi connectivity index (χ0v) is 16.0. The Morgan fingerprint density at radius 3 is 2.68 bits per heavy atom. The minimum absolute atomic E-state index is 0.0655. The normalized spacial score (nSPS) is 13.7. The highest BCUT2D eigenvalue weighted by atomic mass is 16.5. The smallest absolute Gasteiger partial charge is 0.227 e. The largest absolute Gasteiger partial charge is 0.372 e. The van der Waals surface area contributed by atoms with Crippen molar-refractivity contribution in [1.82, 2.24) is 10.1 Å². The average molecular weight is 376 g/mol. The minimum Gasteiger partial charge on any atom is -0.372 e. The maximum absolute atomic E-state index is 12.2. The zero-order chi connectivity index (χ0) is 19.3. The van der Waals surface area contributed by atoms with E-state index in [2.05, 4.69) is 32.5 Å². The molecule has 0 saturated carbocycles. The molecule has 1 saturated heterocycles. The van der Waals surface area contributed by atoms with E-state index in [1.54, 1.807) is 0 Å². The number of rotatable bonds is 6. The van der Waals surface area contributed by atoms with Gasteiger partial charge in [-0.15, -0.1) is 0 Å². The summed E-state index contributed by atoms with van der Waals surface area (Å²) in [6.45, 7) is 4.24. The molecule has 1 fully saturated rings. The summed E-state index contributed by atoms with van der Waals surface area (Å²) >= 11 is 0. The molecule has 4 rings (SSSR count). The molecule has 3 aromatic rings. The molecule has 1 aliphatic rings. The van der Waals surface area contributed by atoms with E-state index in [0.717, 1.165) is 29.9 Å². The topological polar surface area (TPSA) is 71.3 Å². The van der Waals surface area contributed by atoms with Crippen LogP contribution >= 0.6 is 0 Å². The van der Waals surface area contributed by atoms with Gasteiger partial charge in [0.2, 0.25) is 17.6 Å². The van der Waals surface area contributed by atoms with Gasteiger partial charge in [0.15, 0.2) is 0 Å². The van der Waals surface area contributed by atoms with Gasteiger partial charge < -0.3 is 14.7 Å². The van der Waals surface area contributed by atoms with E-state index in [9.17, 15) is 4.79 Å². The Morgan fingerprint density at radius 1 is 1.14 bits per heavy atom. The number of benzene rings is 2. The van der Waals surface area contributed by atoms with Crippen LogP contribution in [0.2, 0.25) is 0 Å². The SMILES string of the molecule is Cc1cccc(-c2noc(CCC(=O)Nc3ccc(N4CCCC4)cc3)n2)c1. The molecule has 6 heteroatoms. The van der Waals surface area contributed by atoms with Crippen molar-refractivity contribution in [1.29, 1.82) is 0 Å². The van der Waals surface area contributed by atoms with Crippen molar-refractivity contribution in [3.05, 3.63) is 60.0 Å². The fourth-order valence-electron chi connectivity index (χ4n) is 3.43. The van der Waals surface area contributed by atoms with E-state index >= 15 is 0 Å². The van der Waals surface area contributed by atoms with Gasteiger partial charge in [0.05, 0.1) is 0 Å². The number of amides is 1. The second-order valence-electron chi connectivity index (χ2n) is 7.17. The van der Waals surface area contributed by atoms with Crippen LogP contribution in [0.3, 0.4) is 0 Å². The lowest BCUT2D eigenvalue weighted by atomic mass is 10.1. The van der Waals surface area contributed by atoms with Crippen molar-refractivity contribution in [2.75, 3.05) is 23.3 Å². The Bertz CT molecular complexity index is 943. The summed E-state index contributed by atoms with van der Waals surface area (Å²) in [4.78, 5) is 19.0. The quantitative estimate of drug-likeness (QED) is 0.697. The molecule has 1 aromatic heterocycles. The molecule has 1 amide bonds. The van der Waals surface area contributed by atoms with Crippen molar-refractivity contribution in [3.63, 3.8) is 0 Å². The zero-order valence-electron chi connectivity index (χ0n) is 16.0. The molecular formula is C22H24N4O2. The number of hydrogen-bond acceptors (Lipinski definition) is 5. The van der Waals surface area contributed by atoms with Crippen LogP contribution in [0.4, 0.5) is 11.4 Å². The molecule has 1 N–H and O–H groups in total. The molecule has 0 radical (unpaired) electrons. The molecule has 6 nitrogen and oxygen atoms in total. The Balaban J connectivity index is 1.30. The molecule has 2 heterocycles. The number of nitrogens with one attached hydrogen (secondary N) is 1. The lowest BCUT2D eigenvalue weighted by molar-refractivity contribution is -0.116. The highest BCUT2D eigenvalue weighted by molar-refractivity contribution is 5.91. The maximum atomic E-state index is 12.2. The first-order valence-corrected chi connectivity index (χ1v) is 9.72. The van der Waals surface area contributed by atoms with Gasteiger partial charge in [-0.05, 0) is 50.1 Å². The van der Waals surface area contributed by atoms with Crippen molar-refractivity contribution in [2.45, 2.75) is 32.6 Å². The molecule has 28 heavy (non-hydrogen) atoms. The van der Waals surface area contributed by atoms with Gasteiger partial charge in [0.1, 0.15) is 0 Å². The van der Waals surface area contributed by atoms with Crippen LogP contribution in [0.5, 0.6) is 0 Å². The second kappa shape index (κ2) is 8.25. The molecule has 2 aromatic carbocycles. The molecule has 0 aliphatic carbocycles. The van der Waals surface area contributed by atoms with Crippen LogP contribution in [0, 0.1) is 6.92 Å². The summed E-state index contributed by atoms with van der Waals surface area (Å²) in [5.74, 6) is 0.955. The first kappa shape index (κ1) is 18.2. The standard InChI is InChI=1S/C22H24N4O2/c1-16-5-4-6-17(15-16)22-24-21(28-25-22)12-11-20(27)23-18-7-9-19(10-8-18)26-13-2-3-14-26/h4-10,15H,2-3,11-14H2,1H3,(H,23,27). The third kappa shape index (κ3) is 4.39. The van der Waals surface area contributed by atoms with Crippen LogP contribution < -0.4 is 10.2 Å². The summed E-state index contributed by atoms with van der Waals surface area (Å²) in [5.41, 5.74) is 4.07. The predicted octanol–water partition coefficient (Wildman–Crippen LogP) is 4.22. The first-order chi connectivity index (χ1) is 13.7. The van der Waals surface area contributed by atoms with Gasteiger partial charge in [-0.2, -0.15) is 4.98 Å². The molecular weight excluding hydrogens is 352 g/mol. The van der Waals surface area contributed by atoms with Crippen molar-refractivity contribution < 1.29 is 9.32 Å². The highest BCUT2D eigenvalue weighted by Gasteiger charge is 2.13. The molecule has 144 valence electrons. The summed E-state index contributed by atoms with van der Waals surface area (Å²) < 4.78 is 5.29. The van der Waals surface area contributed by atoms with Gasteiger partial charge in [-0.3, -0.25) is 4.79 Å². The number of carbonyl (C=O) groups is 1. The molecule has 1 aliphatic heterocycles. The summed E-state index contributed by atoms with van der Waals surface area (Å²) in [6, 6.07) is 16.0. The number of aromatic nitrogens is 2. The molecule has 0 bridgehead atoms. The van der Waals surface area contributed by atoms with Crippen LogP contribution in [0.25, 0.3) is 11.4 Å². The third-order valence-corrected chi connectivity index (χ3v) is 4.93. The maximum Gasteiger partial charge on any atom is 0.227 e. The number of nitrogens with zero attached hydrogens (tertiary/aromatic N) is 3. The third-order valence-electron chi connectivity index (χ3n) is 4.93. The van der Waals surface area contributed by atoms with E-state index in [0.29, 0.717) is 24.6 Å². The fourth-order valence-corrected chi connectivity index (χ4v) is 3.43. The predicted molar refractivity (Wildman–Crippen MR) is 109 cm³/mol. The Labute approximate surface area is 164 Å². The van der Waals surface area contributed by atoms with E-state index < -0.39 is 0 Å². The highest BCUT2D eigenvalue weighted by Crippen LogP contribution is 2.22. The monoisotopic (exact) mass is 376 g/mol. The molecule has 0 spiro atoms. The molecule has 0 unspecified atom stereocenters. The lowest BCUT2D eigenvalue weighted by Crippen LogP contribution is -2.17. The van der Waals surface area contributed by atoms with Crippen LogP contribution in [-0.2, 0) is 11.2 Å². The number of anilines is 2. The van der Waals surface area contributed by atoms with Gasteiger partial charge in [-0.25, -0.2) is 0 Å².